The average molecular weight is 102 g/mol. The highest BCUT2D eigenvalue weighted by Gasteiger charge is 1.88. The van der Waals surface area contributed by atoms with Gasteiger partial charge in [-0.25, -0.2) is 5.84 Å². The molecule has 0 aromatic carbocycles. The molecule has 0 aromatic heterocycles. The lowest BCUT2D eigenvalue weighted by molar-refractivity contribution is 0.178. The molecule has 0 atom stereocenters. The van der Waals surface area contributed by atoms with Crippen molar-refractivity contribution in [2.45, 2.75) is 0 Å². The molecule has 42 valence electrons. The second-order valence-corrected chi connectivity index (χ2v) is 1.21. The van der Waals surface area contributed by atoms with Gasteiger partial charge in [0.05, 0.1) is 7.11 Å². The smallest absolute Gasteiger partial charge is 0.195 e. The molecule has 3 nitrogen and oxygen atoms in total. The van der Waals surface area contributed by atoms with E-state index in [0.717, 1.165) is 0 Å². The summed E-state index contributed by atoms with van der Waals surface area (Å²) >= 11 is 0. The normalized spacial score (nSPS) is 7.86. The molecule has 0 spiro atoms. The molecule has 0 unspecified atom stereocenters. The van der Waals surface area contributed by atoms with Crippen molar-refractivity contribution in [1.29, 1.82) is 0 Å². The Hall–Kier alpha value is -0.700. The predicted octanol–water partition coefficient (Wildman–Crippen LogP) is -0.0905. The third-order valence-electron chi connectivity index (χ3n) is 0.629. The van der Waals surface area contributed by atoms with E-state index in [1.165, 1.54) is 12.1 Å². The minimum absolute atomic E-state index is 0.458. The van der Waals surface area contributed by atoms with Crippen LogP contribution in [0.4, 0.5) is 0 Å². The van der Waals surface area contributed by atoms with Gasteiger partial charge < -0.3 is 4.74 Å². The zero-order chi connectivity index (χ0) is 5.86. The van der Waals surface area contributed by atoms with Crippen LogP contribution in [0, 0.1) is 0 Å². The van der Waals surface area contributed by atoms with Crippen LogP contribution in [-0.2, 0) is 4.74 Å². The molecular weight excluding hydrogens is 92.1 g/mol. The quantitative estimate of drug-likeness (QED) is 0.301. The second kappa shape index (κ2) is 2.47. The van der Waals surface area contributed by atoms with E-state index < -0.39 is 0 Å². The first-order valence-electron chi connectivity index (χ1n) is 1.89. The van der Waals surface area contributed by atoms with E-state index in [-0.39, 0.29) is 0 Å². The van der Waals surface area contributed by atoms with Gasteiger partial charge in [-0.15, -0.1) is 0 Å². The Morgan fingerprint density at radius 2 is 2.29 bits per heavy atom. The summed E-state index contributed by atoms with van der Waals surface area (Å²) in [7, 11) is 3.18. The lowest BCUT2D eigenvalue weighted by atomic mass is 10.8. The number of hydrogen-bond donors (Lipinski definition) is 1. The third-order valence-corrected chi connectivity index (χ3v) is 0.629. The fourth-order valence-corrected chi connectivity index (χ4v) is 0.144. The zero-order valence-electron chi connectivity index (χ0n) is 4.64. The number of hydrogen-bond acceptors (Lipinski definition) is 3. The number of nitrogens with zero attached hydrogens (tertiary/aromatic N) is 1. The van der Waals surface area contributed by atoms with Gasteiger partial charge in [-0.1, -0.05) is 0 Å². The maximum atomic E-state index is 5.16. The van der Waals surface area contributed by atoms with Gasteiger partial charge in [0.15, 0.2) is 5.88 Å². The molecule has 3 heteroatoms. The Bertz CT molecular complexity index is 70.1. The van der Waals surface area contributed by atoms with Gasteiger partial charge >= 0.3 is 0 Å². The van der Waals surface area contributed by atoms with E-state index in [1.54, 1.807) is 7.05 Å². The highest BCUT2D eigenvalue weighted by atomic mass is 16.5. The van der Waals surface area contributed by atoms with Gasteiger partial charge in [-0.2, -0.15) is 0 Å². The standard InChI is InChI=1S/C4H10N2O/c1-4(7-3)6(2)5/h1,5H2,2-3H3. The third kappa shape index (κ3) is 2.05. The largest absolute Gasteiger partial charge is 0.482 e. The van der Waals surface area contributed by atoms with Crippen LogP contribution in [0.1, 0.15) is 0 Å². The average Bonchev–Trinajstić information content (AvgIpc) is 1.65. The van der Waals surface area contributed by atoms with Gasteiger partial charge in [0.1, 0.15) is 0 Å². The van der Waals surface area contributed by atoms with E-state index in [2.05, 4.69) is 11.3 Å². The van der Waals surface area contributed by atoms with E-state index >= 15 is 0 Å². The second-order valence-electron chi connectivity index (χ2n) is 1.21. The molecular formula is C4H10N2O. The molecule has 0 fully saturated rings. The highest BCUT2D eigenvalue weighted by Crippen LogP contribution is 1.87. The van der Waals surface area contributed by atoms with Crippen molar-refractivity contribution < 1.29 is 4.74 Å². The summed E-state index contributed by atoms with van der Waals surface area (Å²) < 4.78 is 4.62. The minimum Gasteiger partial charge on any atom is -0.482 e. The first kappa shape index (κ1) is 6.30. The fourth-order valence-electron chi connectivity index (χ4n) is 0.144. The number of methoxy groups -OCH3 is 1. The molecule has 0 aliphatic carbocycles. The zero-order valence-corrected chi connectivity index (χ0v) is 4.64. The molecule has 0 aromatic rings. The van der Waals surface area contributed by atoms with Crippen LogP contribution in [0.15, 0.2) is 12.5 Å². The van der Waals surface area contributed by atoms with Crippen LogP contribution in [-0.4, -0.2) is 19.2 Å². The lowest BCUT2D eigenvalue weighted by Gasteiger charge is -2.11. The lowest BCUT2D eigenvalue weighted by Crippen LogP contribution is -2.25. The van der Waals surface area contributed by atoms with Crippen LogP contribution in [0.2, 0.25) is 0 Å². The van der Waals surface area contributed by atoms with Gasteiger partial charge in [0.25, 0.3) is 0 Å². The molecule has 0 saturated heterocycles. The molecule has 0 aliphatic rings. The van der Waals surface area contributed by atoms with Crippen molar-refractivity contribution in [3.63, 3.8) is 0 Å². The molecule has 0 aliphatic heterocycles. The van der Waals surface area contributed by atoms with Crippen LogP contribution in [0.3, 0.4) is 0 Å². The van der Waals surface area contributed by atoms with Crippen LogP contribution >= 0.6 is 0 Å². The van der Waals surface area contributed by atoms with Crippen molar-refractivity contribution >= 4 is 0 Å². The van der Waals surface area contributed by atoms with Crippen LogP contribution in [0.25, 0.3) is 0 Å². The number of ether oxygens (including phenoxy) is 1. The van der Waals surface area contributed by atoms with Crippen LogP contribution < -0.4 is 5.84 Å². The van der Waals surface area contributed by atoms with E-state index in [0.29, 0.717) is 5.88 Å². The molecule has 0 bridgehead atoms. The van der Waals surface area contributed by atoms with Crippen LogP contribution in [0.5, 0.6) is 0 Å². The van der Waals surface area contributed by atoms with Crippen molar-refractivity contribution in [2.24, 2.45) is 5.84 Å². The summed E-state index contributed by atoms with van der Waals surface area (Å²) in [6.45, 7) is 3.45. The summed E-state index contributed by atoms with van der Waals surface area (Å²) in [6, 6.07) is 0. The number of nitrogens with two attached hydrogens (primary N) is 1. The Balaban J connectivity index is 3.35. The van der Waals surface area contributed by atoms with Gasteiger partial charge in [-0.3, -0.25) is 5.01 Å². The van der Waals surface area contributed by atoms with E-state index in [9.17, 15) is 0 Å². The minimum atomic E-state index is 0.458. The summed E-state index contributed by atoms with van der Waals surface area (Å²) in [5, 5.41) is 1.31. The first-order chi connectivity index (χ1) is 3.18. The maximum Gasteiger partial charge on any atom is 0.195 e. The topological polar surface area (TPSA) is 38.5 Å². The maximum absolute atomic E-state index is 5.16. The highest BCUT2D eigenvalue weighted by molar-refractivity contribution is 4.74. The summed E-state index contributed by atoms with van der Waals surface area (Å²) in [5.41, 5.74) is 0. The molecule has 7 heavy (non-hydrogen) atoms. The Morgan fingerprint density at radius 3 is 2.29 bits per heavy atom. The molecule has 0 heterocycles. The van der Waals surface area contributed by atoms with Crippen molar-refractivity contribution in [3.8, 4) is 0 Å². The molecule has 0 amide bonds. The summed E-state index contributed by atoms with van der Waals surface area (Å²) in [5.74, 6) is 5.61. The SMILES string of the molecule is C=C(OC)N(C)N. The van der Waals surface area contributed by atoms with Gasteiger partial charge in [0, 0.05) is 7.05 Å². The Kier molecular flexibility index (Phi) is 2.22. The summed E-state index contributed by atoms with van der Waals surface area (Å²) in [4.78, 5) is 0. The van der Waals surface area contributed by atoms with Gasteiger partial charge in [-0.05, 0) is 6.58 Å². The predicted molar refractivity (Wildman–Crippen MR) is 28.1 cm³/mol. The molecule has 0 saturated carbocycles. The van der Waals surface area contributed by atoms with Crippen molar-refractivity contribution in [2.75, 3.05) is 14.2 Å². The van der Waals surface area contributed by atoms with Crippen molar-refractivity contribution in [1.82, 2.24) is 5.01 Å². The van der Waals surface area contributed by atoms with E-state index in [1.807, 2.05) is 0 Å². The Morgan fingerprint density at radius 1 is 1.86 bits per heavy atom. The first-order valence-corrected chi connectivity index (χ1v) is 1.89. The molecule has 0 radical (unpaired) electrons. The Labute approximate surface area is 43.3 Å². The molecule has 0 rings (SSSR count). The fraction of sp³-hybridized carbons (Fsp3) is 0.500. The number of rotatable bonds is 2. The number of hydrazine groups is 1. The van der Waals surface area contributed by atoms with E-state index in [4.69, 9.17) is 5.84 Å². The summed E-state index contributed by atoms with van der Waals surface area (Å²) in [6.07, 6.45) is 0. The molecule has 2 N–H and O–H groups in total. The van der Waals surface area contributed by atoms with Gasteiger partial charge in [0.2, 0.25) is 0 Å². The monoisotopic (exact) mass is 102 g/mol. The van der Waals surface area contributed by atoms with Crippen molar-refractivity contribution in [3.05, 3.63) is 12.5 Å².